The van der Waals surface area contributed by atoms with E-state index in [9.17, 15) is 0 Å². The van der Waals surface area contributed by atoms with Gasteiger partial charge in [-0.05, 0) is 34.9 Å². The number of nitrogens with zero attached hydrogens (tertiary/aromatic N) is 2. The zero-order valence-corrected chi connectivity index (χ0v) is 15.2. The van der Waals surface area contributed by atoms with Crippen LogP contribution in [0.25, 0.3) is 0 Å². The number of benzene rings is 1. The van der Waals surface area contributed by atoms with E-state index in [1.165, 1.54) is 11.1 Å². The second-order valence-electron chi connectivity index (χ2n) is 6.99. The molecule has 23 heavy (non-hydrogen) atoms. The van der Waals surface area contributed by atoms with E-state index in [4.69, 9.17) is 4.99 Å². The molecule has 0 amide bonds. The maximum absolute atomic E-state index is 5.15. The Hall–Kier alpha value is -1.96. The number of hydrogen-bond donors (Lipinski definition) is 0. The van der Waals surface area contributed by atoms with E-state index < -0.39 is 0 Å². The van der Waals surface area contributed by atoms with E-state index in [0.29, 0.717) is 17.8 Å². The number of para-hydroxylation sites is 1. The largest absolute Gasteiger partial charge is 0.264 e. The van der Waals surface area contributed by atoms with Gasteiger partial charge in [0.1, 0.15) is 0 Å². The van der Waals surface area contributed by atoms with Crippen molar-refractivity contribution >= 4 is 11.4 Å². The molecule has 1 aromatic carbocycles. The first-order chi connectivity index (χ1) is 10.9. The van der Waals surface area contributed by atoms with Crippen molar-refractivity contribution in [2.24, 2.45) is 10.9 Å². The number of rotatable bonds is 5. The van der Waals surface area contributed by atoms with Crippen molar-refractivity contribution in [3.8, 4) is 0 Å². The molecule has 2 aromatic rings. The van der Waals surface area contributed by atoms with Crippen molar-refractivity contribution in [3.63, 3.8) is 0 Å². The Balaban J connectivity index is 2.67. The molecule has 0 atom stereocenters. The minimum absolute atomic E-state index is 0.347. The average Bonchev–Trinajstić information content (AvgIpc) is 2.52. The second kappa shape index (κ2) is 7.54. The summed E-state index contributed by atoms with van der Waals surface area (Å²) in [6.07, 6.45) is 3.72. The Bertz CT molecular complexity index is 641. The van der Waals surface area contributed by atoms with Gasteiger partial charge < -0.3 is 0 Å². The van der Waals surface area contributed by atoms with Crippen LogP contribution in [-0.4, -0.2) is 10.7 Å². The van der Waals surface area contributed by atoms with Gasteiger partial charge in [-0.3, -0.25) is 9.98 Å². The maximum atomic E-state index is 5.15. The van der Waals surface area contributed by atoms with E-state index in [1.54, 1.807) is 0 Å². The monoisotopic (exact) mass is 308 g/mol. The van der Waals surface area contributed by atoms with Crippen LogP contribution in [0, 0.1) is 5.92 Å². The summed E-state index contributed by atoms with van der Waals surface area (Å²) in [4.78, 5) is 9.41. The predicted octanol–water partition coefficient (Wildman–Crippen LogP) is 6.11. The first kappa shape index (κ1) is 17.4. The third kappa shape index (κ3) is 4.07. The molecule has 1 heterocycles. The Morgan fingerprint density at radius 1 is 0.870 bits per heavy atom. The highest BCUT2D eigenvalue weighted by atomic mass is 14.8. The summed E-state index contributed by atoms with van der Waals surface area (Å²) < 4.78 is 0. The first-order valence-corrected chi connectivity index (χ1v) is 8.53. The van der Waals surface area contributed by atoms with Crippen molar-refractivity contribution in [2.45, 2.75) is 53.4 Å². The molecule has 0 radical (unpaired) electrons. The lowest BCUT2D eigenvalue weighted by atomic mass is 9.92. The fraction of sp³-hybridized carbons (Fsp3) is 0.429. The third-order valence-electron chi connectivity index (χ3n) is 4.08. The standard InChI is InChI=1S/C21H28N2/c1-14(2)18-10-7-11-19(15(3)4)21(18)23-20(16(5)6)17-9-8-12-22-13-17/h7-16H,1-6H3. The van der Waals surface area contributed by atoms with Crippen molar-refractivity contribution < 1.29 is 0 Å². The van der Waals surface area contributed by atoms with Crippen molar-refractivity contribution in [2.75, 3.05) is 0 Å². The van der Waals surface area contributed by atoms with Crippen LogP contribution in [0.5, 0.6) is 0 Å². The molecule has 0 aliphatic carbocycles. The molecule has 1 aromatic heterocycles. The summed E-state index contributed by atoms with van der Waals surface area (Å²) in [5.41, 5.74) is 5.99. The highest BCUT2D eigenvalue weighted by molar-refractivity contribution is 6.03. The van der Waals surface area contributed by atoms with Gasteiger partial charge in [-0.15, -0.1) is 0 Å². The van der Waals surface area contributed by atoms with Gasteiger partial charge in [0.25, 0.3) is 0 Å². The normalized spacial score (nSPS) is 12.5. The Kier molecular flexibility index (Phi) is 5.70. The van der Waals surface area contributed by atoms with E-state index in [-0.39, 0.29) is 0 Å². The van der Waals surface area contributed by atoms with Gasteiger partial charge in [0.05, 0.1) is 11.4 Å². The molecule has 2 heteroatoms. The van der Waals surface area contributed by atoms with Gasteiger partial charge in [-0.2, -0.15) is 0 Å². The molecule has 0 spiro atoms. The molecule has 0 aliphatic rings. The maximum Gasteiger partial charge on any atom is 0.0702 e. The lowest BCUT2D eigenvalue weighted by molar-refractivity contribution is 0.830. The summed E-state index contributed by atoms with van der Waals surface area (Å²) in [7, 11) is 0. The van der Waals surface area contributed by atoms with Crippen molar-refractivity contribution in [1.29, 1.82) is 0 Å². The van der Waals surface area contributed by atoms with Gasteiger partial charge in [0.15, 0.2) is 0 Å². The molecule has 0 saturated heterocycles. The van der Waals surface area contributed by atoms with Gasteiger partial charge in [-0.25, -0.2) is 0 Å². The fourth-order valence-corrected chi connectivity index (χ4v) is 2.80. The summed E-state index contributed by atoms with van der Waals surface area (Å²) in [5, 5.41) is 0. The lowest BCUT2D eigenvalue weighted by Gasteiger charge is -2.19. The summed E-state index contributed by atoms with van der Waals surface area (Å²) in [6.45, 7) is 13.3. The molecule has 0 unspecified atom stereocenters. The van der Waals surface area contributed by atoms with E-state index in [2.05, 4.69) is 70.8 Å². The van der Waals surface area contributed by atoms with Gasteiger partial charge in [0.2, 0.25) is 0 Å². The van der Waals surface area contributed by atoms with Gasteiger partial charge >= 0.3 is 0 Å². The lowest BCUT2D eigenvalue weighted by Crippen LogP contribution is -2.10. The van der Waals surface area contributed by atoms with Crippen LogP contribution in [0.2, 0.25) is 0 Å². The highest BCUT2D eigenvalue weighted by Crippen LogP contribution is 2.35. The van der Waals surface area contributed by atoms with Crippen LogP contribution >= 0.6 is 0 Å². The van der Waals surface area contributed by atoms with Crippen LogP contribution in [0.4, 0.5) is 5.69 Å². The number of hydrogen-bond acceptors (Lipinski definition) is 2. The smallest absolute Gasteiger partial charge is 0.0702 e. The molecule has 0 saturated carbocycles. The summed E-state index contributed by atoms with van der Waals surface area (Å²) in [6, 6.07) is 10.6. The summed E-state index contributed by atoms with van der Waals surface area (Å²) in [5.74, 6) is 1.25. The Labute approximate surface area is 140 Å². The summed E-state index contributed by atoms with van der Waals surface area (Å²) >= 11 is 0. The molecular formula is C21H28N2. The molecule has 0 aliphatic heterocycles. The fourth-order valence-electron chi connectivity index (χ4n) is 2.80. The second-order valence-corrected chi connectivity index (χ2v) is 6.99. The predicted molar refractivity (Wildman–Crippen MR) is 99.9 cm³/mol. The molecular weight excluding hydrogens is 280 g/mol. The number of aliphatic imine (C=N–C) groups is 1. The molecule has 0 bridgehead atoms. The number of aromatic nitrogens is 1. The van der Waals surface area contributed by atoms with Crippen LogP contribution in [0.15, 0.2) is 47.7 Å². The van der Waals surface area contributed by atoms with E-state index >= 15 is 0 Å². The molecule has 0 N–H and O–H groups in total. The molecule has 2 nitrogen and oxygen atoms in total. The first-order valence-electron chi connectivity index (χ1n) is 8.53. The topological polar surface area (TPSA) is 25.2 Å². The average molecular weight is 308 g/mol. The minimum atomic E-state index is 0.347. The van der Waals surface area contributed by atoms with Crippen molar-refractivity contribution in [1.82, 2.24) is 4.98 Å². The molecule has 0 fully saturated rings. The third-order valence-corrected chi connectivity index (χ3v) is 4.08. The number of pyridine rings is 1. The van der Waals surface area contributed by atoms with E-state index in [1.807, 2.05) is 18.5 Å². The molecule has 122 valence electrons. The Morgan fingerprint density at radius 3 is 1.91 bits per heavy atom. The quantitative estimate of drug-likeness (QED) is 0.612. The molecule has 2 rings (SSSR count). The van der Waals surface area contributed by atoms with Gasteiger partial charge in [-0.1, -0.05) is 65.8 Å². The zero-order valence-electron chi connectivity index (χ0n) is 15.2. The van der Waals surface area contributed by atoms with Gasteiger partial charge in [0, 0.05) is 18.0 Å². The van der Waals surface area contributed by atoms with Crippen LogP contribution in [0.3, 0.4) is 0 Å². The van der Waals surface area contributed by atoms with Crippen LogP contribution < -0.4 is 0 Å². The SMILES string of the molecule is CC(C)C(=Nc1c(C(C)C)cccc1C(C)C)c1cccnc1. The highest BCUT2D eigenvalue weighted by Gasteiger charge is 2.16. The zero-order chi connectivity index (χ0) is 17.0. The van der Waals surface area contributed by atoms with Crippen LogP contribution in [0.1, 0.15) is 70.1 Å². The van der Waals surface area contributed by atoms with E-state index in [0.717, 1.165) is 17.0 Å². The van der Waals surface area contributed by atoms with Crippen LogP contribution in [-0.2, 0) is 0 Å². The minimum Gasteiger partial charge on any atom is -0.264 e. The van der Waals surface area contributed by atoms with Crippen molar-refractivity contribution in [3.05, 3.63) is 59.4 Å². The Morgan fingerprint density at radius 2 is 1.48 bits per heavy atom.